The molecule has 0 fully saturated rings. The van der Waals surface area contributed by atoms with Crippen LogP contribution in [0.1, 0.15) is 15.8 Å². The Morgan fingerprint density at radius 3 is 2.56 bits per heavy atom. The minimum Gasteiger partial charge on any atom is -0.496 e. The zero-order valence-electron chi connectivity index (χ0n) is 9.94. The normalized spacial score (nSPS) is 12.2. The van der Waals surface area contributed by atoms with Gasteiger partial charge in [0, 0.05) is 20.8 Å². The summed E-state index contributed by atoms with van der Waals surface area (Å²) in [5, 5.41) is 2.26. The van der Waals surface area contributed by atoms with Crippen molar-refractivity contribution in [1.82, 2.24) is 0 Å². The fraction of sp³-hybridized carbons (Fsp3) is 0.231. The summed E-state index contributed by atoms with van der Waals surface area (Å²) in [6.45, 7) is 0. The summed E-state index contributed by atoms with van der Waals surface area (Å²) in [6, 6.07) is 7.34. The van der Waals surface area contributed by atoms with E-state index < -0.39 is 0 Å². The number of thiophene rings is 1. The van der Waals surface area contributed by atoms with Crippen molar-refractivity contribution in [3.8, 4) is 11.5 Å². The second-order valence-electron chi connectivity index (χ2n) is 3.64. The zero-order chi connectivity index (χ0) is 13.1. The second kappa shape index (κ2) is 5.83. The molecule has 0 bridgehead atoms. The highest BCUT2D eigenvalue weighted by Crippen LogP contribution is 2.40. The first-order valence-corrected chi connectivity index (χ1v) is 6.95. The lowest BCUT2D eigenvalue weighted by molar-refractivity contribution is 0.410. The van der Waals surface area contributed by atoms with Crippen LogP contribution in [-0.4, -0.2) is 14.2 Å². The molecular weight excluding hydrogens is 291 g/mol. The van der Waals surface area contributed by atoms with Crippen LogP contribution in [-0.2, 0) is 0 Å². The summed E-state index contributed by atoms with van der Waals surface area (Å²) in [4.78, 5) is 0.995. The molecule has 0 saturated heterocycles. The Kier molecular flexibility index (Phi) is 4.38. The molecular formula is C13H12Cl2O2S. The van der Waals surface area contributed by atoms with Crippen molar-refractivity contribution in [1.29, 1.82) is 0 Å². The summed E-state index contributed by atoms with van der Waals surface area (Å²) < 4.78 is 10.5. The van der Waals surface area contributed by atoms with Crippen LogP contribution in [0.4, 0.5) is 0 Å². The van der Waals surface area contributed by atoms with E-state index in [-0.39, 0.29) is 5.38 Å². The molecule has 1 atom stereocenters. The third-order valence-corrected chi connectivity index (χ3v) is 4.36. The van der Waals surface area contributed by atoms with Crippen molar-refractivity contribution >= 4 is 34.5 Å². The molecule has 2 rings (SSSR count). The molecule has 0 radical (unpaired) electrons. The van der Waals surface area contributed by atoms with Crippen LogP contribution >= 0.6 is 34.5 Å². The van der Waals surface area contributed by atoms with E-state index in [4.69, 9.17) is 32.7 Å². The van der Waals surface area contributed by atoms with Crippen molar-refractivity contribution in [3.05, 3.63) is 45.1 Å². The Morgan fingerprint density at radius 2 is 1.94 bits per heavy atom. The molecule has 1 unspecified atom stereocenters. The summed E-state index contributed by atoms with van der Waals surface area (Å²) in [7, 11) is 3.25. The number of benzene rings is 1. The SMILES string of the molecule is COc1csc(C(Cl)c2cc(Cl)ccc2OC)c1. The zero-order valence-corrected chi connectivity index (χ0v) is 12.3. The molecule has 0 saturated carbocycles. The molecule has 2 aromatic rings. The summed E-state index contributed by atoms with van der Waals surface area (Å²) >= 11 is 14.0. The van der Waals surface area contributed by atoms with Gasteiger partial charge in [-0.3, -0.25) is 0 Å². The van der Waals surface area contributed by atoms with Gasteiger partial charge in [0.25, 0.3) is 0 Å². The quantitative estimate of drug-likeness (QED) is 0.759. The van der Waals surface area contributed by atoms with Gasteiger partial charge in [-0.2, -0.15) is 0 Å². The smallest absolute Gasteiger partial charge is 0.129 e. The Labute approximate surface area is 120 Å². The number of halogens is 2. The third-order valence-electron chi connectivity index (χ3n) is 2.55. The molecule has 0 amide bonds. The fourth-order valence-corrected chi connectivity index (χ4v) is 3.05. The van der Waals surface area contributed by atoms with Gasteiger partial charge in [0.05, 0.1) is 19.6 Å². The molecule has 2 nitrogen and oxygen atoms in total. The molecule has 1 aromatic heterocycles. The average Bonchev–Trinajstić information content (AvgIpc) is 2.86. The van der Waals surface area contributed by atoms with E-state index in [1.165, 1.54) is 0 Å². The highest BCUT2D eigenvalue weighted by Gasteiger charge is 2.18. The largest absolute Gasteiger partial charge is 0.496 e. The molecule has 0 N–H and O–H groups in total. The second-order valence-corrected chi connectivity index (χ2v) is 5.45. The van der Waals surface area contributed by atoms with Crippen LogP contribution in [0.5, 0.6) is 11.5 Å². The minimum atomic E-state index is -0.299. The molecule has 18 heavy (non-hydrogen) atoms. The maximum absolute atomic E-state index is 6.47. The highest BCUT2D eigenvalue weighted by atomic mass is 35.5. The highest BCUT2D eigenvalue weighted by molar-refractivity contribution is 7.10. The van der Waals surface area contributed by atoms with Crippen molar-refractivity contribution in [2.24, 2.45) is 0 Å². The first-order chi connectivity index (χ1) is 8.65. The van der Waals surface area contributed by atoms with E-state index in [2.05, 4.69) is 0 Å². The lowest BCUT2D eigenvalue weighted by atomic mass is 10.1. The van der Waals surface area contributed by atoms with Crippen molar-refractivity contribution in [2.75, 3.05) is 14.2 Å². The number of hydrogen-bond donors (Lipinski definition) is 0. The molecule has 1 aromatic carbocycles. The number of hydrogen-bond acceptors (Lipinski definition) is 3. The molecule has 0 aliphatic heterocycles. The van der Waals surface area contributed by atoms with E-state index in [0.29, 0.717) is 5.02 Å². The minimum absolute atomic E-state index is 0.299. The van der Waals surface area contributed by atoms with E-state index in [1.54, 1.807) is 31.6 Å². The average molecular weight is 303 g/mol. The molecule has 5 heteroatoms. The molecule has 0 aliphatic carbocycles. The predicted octanol–water partition coefficient (Wildman–Crippen LogP) is 4.75. The molecule has 1 heterocycles. The van der Waals surface area contributed by atoms with E-state index in [0.717, 1.165) is 21.9 Å². The van der Waals surface area contributed by atoms with E-state index >= 15 is 0 Å². The Bertz CT molecular complexity index is 540. The number of methoxy groups -OCH3 is 2. The summed E-state index contributed by atoms with van der Waals surface area (Å²) in [5.74, 6) is 1.54. The van der Waals surface area contributed by atoms with E-state index in [9.17, 15) is 0 Å². The first kappa shape index (κ1) is 13.5. The molecule has 0 spiro atoms. The van der Waals surface area contributed by atoms with Crippen LogP contribution in [0.15, 0.2) is 29.6 Å². The van der Waals surface area contributed by atoms with Crippen molar-refractivity contribution in [3.63, 3.8) is 0 Å². The fourth-order valence-electron chi connectivity index (χ4n) is 1.63. The lowest BCUT2D eigenvalue weighted by Crippen LogP contribution is -1.95. The molecule has 0 aliphatic rings. The standard InChI is InChI=1S/C13H12Cl2O2S/c1-16-9-6-12(18-7-9)13(15)10-5-8(14)3-4-11(10)17-2/h3-7,13H,1-2H3. The van der Waals surface area contributed by atoms with Gasteiger partial charge in [0.2, 0.25) is 0 Å². The van der Waals surface area contributed by atoms with E-state index in [1.807, 2.05) is 23.6 Å². The Morgan fingerprint density at radius 1 is 1.17 bits per heavy atom. The van der Waals surface area contributed by atoms with Crippen LogP contribution in [0.25, 0.3) is 0 Å². The molecule has 96 valence electrons. The van der Waals surface area contributed by atoms with Gasteiger partial charge in [-0.25, -0.2) is 0 Å². The van der Waals surface area contributed by atoms with Gasteiger partial charge < -0.3 is 9.47 Å². The summed E-state index contributed by atoms with van der Waals surface area (Å²) in [6.07, 6.45) is 0. The van der Waals surface area contributed by atoms with Gasteiger partial charge in [-0.1, -0.05) is 11.6 Å². The van der Waals surface area contributed by atoms with Crippen LogP contribution < -0.4 is 9.47 Å². The number of alkyl halides is 1. The van der Waals surface area contributed by atoms with Gasteiger partial charge >= 0.3 is 0 Å². The maximum atomic E-state index is 6.47. The van der Waals surface area contributed by atoms with Crippen LogP contribution in [0.3, 0.4) is 0 Å². The van der Waals surface area contributed by atoms with Crippen molar-refractivity contribution < 1.29 is 9.47 Å². The van der Waals surface area contributed by atoms with Gasteiger partial charge in [-0.05, 0) is 24.3 Å². The van der Waals surface area contributed by atoms with Gasteiger partial charge in [0.15, 0.2) is 0 Å². The Hall–Kier alpha value is -0.900. The summed E-state index contributed by atoms with van der Waals surface area (Å²) in [5.41, 5.74) is 0.858. The maximum Gasteiger partial charge on any atom is 0.129 e. The topological polar surface area (TPSA) is 18.5 Å². The van der Waals surface area contributed by atoms with Gasteiger partial charge in [0.1, 0.15) is 11.5 Å². The monoisotopic (exact) mass is 302 g/mol. The lowest BCUT2D eigenvalue weighted by Gasteiger charge is -2.13. The van der Waals surface area contributed by atoms with Crippen LogP contribution in [0.2, 0.25) is 5.02 Å². The number of ether oxygens (including phenoxy) is 2. The van der Waals surface area contributed by atoms with Crippen molar-refractivity contribution in [2.45, 2.75) is 5.38 Å². The predicted molar refractivity (Wildman–Crippen MR) is 76.6 cm³/mol. The van der Waals surface area contributed by atoms with Gasteiger partial charge in [-0.15, -0.1) is 22.9 Å². The number of rotatable bonds is 4. The first-order valence-electron chi connectivity index (χ1n) is 5.25. The van der Waals surface area contributed by atoms with Crippen LogP contribution in [0, 0.1) is 0 Å². The Balaban J connectivity index is 2.38. The third kappa shape index (κ3) is 2.74.